The summed E-state index contributed by atoms with van der Waals surface area (Å²) in [5.74, 6) is -0.229. The lowest BCUT2D eigenvalue weighted by Crippen LogP contribution is -2.27. The molecule has 90 valence electrons. The lowest BCUT2D eigenvalue weighted by Gasteiger charge is -2.16. The zero-order valence-corrected chi connectivity index (χ0v) is 9.82. The van der Waals surface area contributed by atoms with Crippen molar-refractivity contribution in [2.24, 2.45) is 0 Å². The summed E-state index contributed by atoms with van der Waals surface area (Å²) in [7, 11) is 0. The van der Waals surface area contributed by atoms with Crippen LogP contribution < -0.4 is 5.32 Å². The molecule has 0 atom stereocenters. The number of benzene rings is 1. The number of carbonyl (C=O) groups is 1. The van der Waals surface area contributed by atoms with Crippen molar-refractivity contribution in [3.63, 3.8) is 0 Å². The predicted molar refractivity (Wildman–Crippen MR) is 65.6 cm³/mol. The molecule has 0 aliphatic rings. The predicted octanol–water partition coefficient (Wildman–Crippen LogP) is 1.66. The number of carbonyl (C=O) groups excluding carboxylic acids is 1. The number of amides is 1. The highest BCUT2D eigenvalue weighted by Gasteiger charge is 2.18. The molecule has 2 rings (SSSR count). The molecule has 1 aromatic carbocycles. The number of aromatic nitrogens is 2. The van der Waals surface area contributed by atoms with Crippen molar-refractivity contribution in [3.05, 3.63) is 24.5 Å². The first-order valence-corrected chi connectivity index (χ1v) is 5.40. The number of aliphatic hydroxyl groups is 1. The standard InChI is InChI=1S/C12H15N3O2/c1-12(2,17)6-10(16)15-9-5-3-4-8-11(9)14-7-13-8/h3-5,7,17H,6H2,1-2H3,(H,13,14)(H,15,16). The number of rotatable bonds is 3. The van der Waals surface area contributed by atoms with Crippen LogP contribution in [0.3, 0.4) is 0 Å². The number of H-pyrrole nitrogens is 1. The van der Waals surface area contributed by atoms with Crippen molar-refractivity contribution in [2.75, 3.05) is 5.32 Å². The van der Waals surface area contributed by atoms with Gasteiger partial charge in [0.25, 0.3) is 0 Å². The van der Waals surface area contributed by atoms with Crippen LogP contribution in [0.25, 0.3) is 11.0 Å². The zero-order chi connectivity index (χ0) is 12.5. The van der Waals surface area contributed by atoms with Gasteiger partial charge in [-0.1, -0.05) is 6.07 Å². The van der Waals surface area contributed by atoms with E-state index in [4.69, 9.17) is 0 Å². The number of imidazole rings is 1. The SMILES string of the molecule is CC(C)(O)CC(=O)Nc1cccc2[nH]cnc12. The summed E-state index contributed by atoms with van der Waals surface area (Å²) in [6.45, 7) is 3.20. The fourth-order valence-electron chi connectivity index (χ4n) is 1.65. The number of para-hydroxylation sites is 1. The summed E-state index contributed by atoms with van der Waals surface area (Å²) in [4.78, 5) is 18.8. The van der Waals surface area contributed by atoms with E-state index in [1.54, 1.807) is 26.2 Å². The Labute approximate surface area is 98.9 Å². The molecule has 17 heavy (non-hydrogen) atoms. The molecule has 3 N–H and O–H groups in total. The molecule has 0 aliphatic heterocycles. The third-order valence-corrected chi connectivity index (χ3v) is 2.32. The quantitative estimate of drug-likeness (QED) is 0.754. The molecule has 1 heterocycles. The molecule has 1 aromatic heterocycles. The lowest BCUT2D eigenvalue weighted by atomic mass is 10.1. The number of fused-ring (bicyclic) bond motifs is 1. The molecular formula is C12H15N3O2. The number of hydrogen-bond donors (Lipinski definition) is 3. The van der Waals surface area contributed by atoms with E-state index in [1.807, 2.05) is 12.1 Å². The van der Waals surface area contributed by atoms with Gasteiger partial charge in [0.1, 0.15) is 5.52 Å². The molecule has 0 spiro atoms. The second-order valence-corrected chi connectivity index (χ2v) is 4.64. The van der Waals surface area contributed by atoms with E-state index in [0.29, 0.717) is 5.69 Å². The molecule has 0 aliphatic carbocycles. The first kappa shape index (κ1) is 11.6. The Bertz CT molecular complexity index is 540. The fraction of sp³-hybridized carbons (Fsp3) is 0.333. The van der Waals surface area contributed by atoms with E-state index in [2.05, 4.69) is 15.3 Å². The molecular weight excluding hydrogens is 218 g/mol. The van der Waals surface area contributed by atoms with Gasteiger partial charge in [0.05, 0.1) is 29.6 Å². The minimum Gasteiger partial charge on any atom is -0.390 e. The Kier molecular flexibility index (Phi) is 2.85. The van der Waals surface area contributed by atoms with E-state index < -0.39 is 5.60 Å². The van der Waals surface area contributed by atoms with Crippen LogP contribution >= 0.6 is 0 Å². The molecule has 5 heteroatoms. The number of aromatic amines is 1. The third kappa shape index (κ3) is 2.82. The largest absolute Gasteiger partial charge is 0.390 e. The number of nitrogens with zero attached hydrogens (tertiary/aromatic N) is 1. The summed E-state index contributed by atoms with van der Waals surface area (Å²) in [6.07, 6.45) is 1.63. The average Bonchev–Trinajstić information content (AvgIpc) is 2.63. The van der Waals surface area contributed by atoms with Crippen LogP contribution in [0.5, 0.6) is 0 Å². The first-order chi connectivity index (χ1) is 7.96. The van der Waals surface area contributed by atoms with Gasteiger partial charge < -0.3 is 15.4 Å². The minimum atomic E-state index is -1.01. The summed E-state index contributed by atoms with van der Waals surface area (Å²) in [6, 6.07) is 5.50. The Morgan fingerprint density at radius 2 is 2.29 bits per heavy atom. The maximum absolute atomic E-state index is 11.7. The molecule has 2 aromatic rings. The highest BCUT2D eigenvalue weighted by molar-refractivity contribution is 5.99. The monoisotopic (exact) mass is 233 g/mol. The van der Waals surface area contributed by atoms with Crippen molar-refractivity contribution in [2.45, 2.75) is 25.9 Å². The summed E-state index contributed by atoms with van der Waals surface area (Å²) < 4.78 is 0. The summed E-state index contributed by atoms with van der Waals surface area (Å²) >= 11 is 0. The molecule has 0 saturated carbocycles. The summed E-state index contributed by atoms with van der Waals surface area (Å²) in [5, 5.41) is 12.3. The Morgan fingerprint density at radius 3 is 3.00 bits per heavy atom. The summed E-state index contributed by atoms with van der Waals surface area (Å²) in [5.41, 5.74) is 1.23. The third-order valence-electron chi connectivity index (χ3n) is 2.32. The van der Waals surface area contributed by atoms with Crippen LogP contribution in [0.4, 0.5) is 5.69 Å². The van der Waals surface area contributed by atoms with Gasteiger partial charge in [-0.3, -0.25) is 4.79 Å². The maximum Gasteiger partial charge on any atom is 0.227 e. The second-order valence-electron chi connectivity index (χ2n) is 4.64. The van der Waals surface area contributed by atoms with Gasteiger partial charge in [-0.25, -0.2) is 4.98 Å². The van der Waals surface area contributed by atoms with Crippen LogP contribution in [0, 0.1) is 0 Å². The van der Waals surface area contributed by atoms with Crippen molar-refractivity contribution in [3.8, 4) is 0 Å². The Hall–Kier alpha value is -1.88. The van der Waals surface area contributed by atoms with E-state index in [-0.39, 0.29) is 12.3 Å². The van der Waals surface area contributed by atoms with Crippen LogP contribution in [0.1, 0.15) is 20.3 Å². The molecule has 0 radical (unpaired) electrons. The van der Waals surface area contributed by atoms with E-state index in [1.165, 1.54) is 0 Å². The number of anilines is 1. The second kappa shape index (κ2) is 4.18. The normalized spacial score (nSPS) is 11.7. The van der Waals surface area contributed by atoms with E-state index >= 15 is 0 Å². The number of nitrogens with one attached hydrogen (secondary N) is 2. The van der Waals surface area contributed by atoms with Crippen molar-refractivity contribution < 1.29 is 9.90 Å². The van der Waals surface area contributed by atoms with Gasteiger partial charge in [-0.15, -0.1) is 0 Å². The topological polar surface area (TPSA) is 78.0 Å². The molecule has 0 fully saturated rings. The van der Waals surface area contributed by atoms with Crippen molar-refractivity contribution >= 4 is 22.6 Å². The van der Waals surface area contributed by atoms with Gasteiger partial charge in [0.2, 0.25) is 5.91 Å². The van der Waals surface area contributed by atoms with E-state index in [0.717, 1.165) is 11.0 Å². The van der Waals surface area contributed by atoms with Crippen molar-refractivity contribution in [1.29, 1.82) is 0 Å². The lowest BCUT2D eigenvalue weighted by molar-refractivity contribution is -0.119. The Morgan fingerprint density at radius 1 is 1.53 bits per heavy atom. The average molecular weight is 233 g/mol. The van der Waals surface area contributed by atoms with Gasteiger partial charge in [-0.05, 0) is 26.0 Å². The van der Waals surface area contributed by atoms with Crippen LogP contribution in [0.15, 0.2) is 24.5 Å². The van der Waals surface area contributed by atoms with Gasteiger partial charge >= 0.3 is 0 Å². The molecule has 0 bridgehead atoms. The highest BCUT2D eigenvalue weighted by atomic mass is 16.3. The molecule has 0 saturated heterocycles. The van der Waals surface area contributed by atoms with Gasteiger partial charge in [0.15, 0.2) is 0 Å². The van der Waals surface area contributed by atoms with Crippen LogP contribution in [-0.4, -0.2) is 26.6 Å². The molecule has 5 nitrogen and oxygen atoms in total. The molecule has 1 amide bonds. The zero-order valence-electron chi connectivity index (χ0n) is 9.82. The van der Waals surface area contributed by atoms with Gasteiger partial charge in [0, 0.05) is 0 Å². The minimum absolute atomic E-state index is 0.0494. The fourth-order valence-corrected chi connectivity index (χ4v) is 1.65. The maximum atomic E-state index is 11.7. The number of hydrogen-bond acceptors (Lipinski definition) is 3. The van der Waals surface area contributed by atoms with E-state index in [9.17, 15) is 9.90 Å². The van der Waals surface area contributed by atoms with Gasteiger partial charge in [-0.2, -0.15) is 0 Å². The smallest absolute Gasteiger partial charge is 0.227 e. The Balaban J connectivity index is 2.18. The first-order valence-electron chi connectivity index (χ1n) is 5.40. The van der Waals surface area contributed by atoms with Crippen molar-refractivity contribution in [1.82, 2.24) is 9.97 Å². The van der Waals surface area contributed by atoms with Crippen LogP contribution in [-0.2, 0) is 4.79 Å². The molecule has 0 unspecified atom stereocenters. The van der Waals surface area contributed by atoms with Crippen LogP contribution in [0.2, 0.25) is 0 Å². The highest BCUT2D eigenvalue weighted by Crippen LogP contribution is 2.20.